The van der Waals surface area contributed by atoms with Gasteiger partial charge >= 0.3 is 0 Å². The molecule has 0 radical (unpaired) electrons. The van der Waals surface area contributed by atoms with Crippen LogP contribution >= 0.6 is 0 Å². The molecule has 1 aromatic heterocycles. The molecule has 0 saturated carbocycles. The average molecular weight is 228 g/mol. The number of carbonyl (C=O) groups excluding carboxylic acids is 1. The van der Waals surface area contributed by atoms with Crippen molar-refractivity contribution in [2.24, 2.45) is 5.73 Å². The first-order valence-electron chi connectivity index (χ1n) is 5.16. The summed E-state index contributed by atoms with van der Waals surface area (Å²) in [5, 5.41) is 2.66. The molecular formula is C12H12N4O. The molecule has 86 valence electrons. The van der Waals surface area contributed by atoms with Crippen molar-refractivity contribution < 1.29 is 4.79 Å². The van der Waals surface area contributed by atoms with E-state index in [0.29, 0.717) is 17.9 Å². The number of nitrogens with zero attached hydrogens (tertiary/aromatic N) is 2. The summed E-state index contributed by atoms with van der Waals surface area (Å²) in [5.41, 5.74) is 6.99. The van der Waals surface area contributed by atoms with Crippen molar-refractivity contribution in [1.29, 1.82) is 0 Å². The SMILES string of the molecule is NCc1cccc(C(=O)Nc2cnccn2)c1. The van der Waals surface area contributed by atoms with Crippen molar-refractivity contribution in [2.45, 2.75) is 6.54 Å². The van der Waals surface area contributed by atoms with Gasteiger partial charge in [0.2, 0.25) is 0 Å². The molecule has 5 nitrogen and oxygen atoms in total. The van der Waals surface area contributed by atoms with E-state index in [2.05, 4.69) is 15.3 Å². The van der Waals surface area contributed by atoms with Gasteiger partial charge in [-0.15, -0.1) is 0 Å². The highest BCUT2D eigenvalue weighted by Gasteiger charge is 2.06. The number of anilines is 1. The molecular weight excluding hydrogens is 216 g/mol. The zero-order valence-electron chi connectivity index (χ0n) is 9.13. The summed E-state index contributed by atoms with van der Waals surface area (Å²) in [4.78, 5) is 19.7. The molecule has 0 fully saturated rings. The first kappa shape index (κ1) is 11.2. The Kier molecular flexibility index (Phi) is 3.42. The van der Waals surface area contributed by atoms with Crippen LogP contribution in [0, 0.1) is 0 Å². The van der Waals surface area contributed by atoms with E-state index in [9.17, 15) is 4.79 Å². The number of hydrogen-bond donors (Lipinski definition) is 2. The zero-order valence-corrected chi connectivity index (χ0v) is 9.13. The van der Waals surface area contributed by atoms with E-state index in [-0.39, 0.29) is 5.91 Å². The number of carbonyl (C=O) groups is 1. The molecule has 1 heterocycles. The van der Waals surface area contributed by atoms with Gasteiger partial charge < -0.3 is 11.1 Å². The summed E-state index contributed by atoms with van der Waals surface area (Å²) in [6.45, 7) is 0.409. The third-order valence-corrected chi connectivity index (χ3v) is 2.23. The fourth-order valence-corrected chi connectivity index (χ4v) is 1.39. The first-order chi connectivity index (χ1) is 8.29. The van der Waals surface area contributed by atoms with Crippen LogP contribution in [0.2, 0.25) is 0 Å². The summed E-state index contributed by atoms with van der Waals surface area (Å²) in [6, 6.07) is 7.16. The van der Waals surface area contributed by atoms with Crippen LogP contribution in [0.5, 0.6) is 0 Å². The Morgan fingerprint density at radius 3 is 2.94 bits per heavy atom. The third-order valence-electron chi connectivity index (χ3n) is 2.23. The normalized spacial score (nSPS) is 9.94. The van der Waals surface area contributed by atoms with Crippen molar-refractivity contribution in [3.63, 3.8) is 0 Å². The van der Waals surface area contributed by atoms with E-state index in [4.69, 9.17) is 5.73 Å². The Hall–Kier alpha value is -2.27. The maximum atomic E-state index is 11.9. The van der Waals surface area contributed by atoms with Crippen molar-refractivity contribution >= 4 is 11.7 Å². The molecule has 0 atom stereocenters. The molecule has 17 heavy (non-hydrogen) atoms. The van der Waals surface area contributed by atoms with Crippen LogP contribution in [0.4, 0.5) is 5.82 Å². The summed E-state index contributed by atoms with van der Waals surface area (Å²) >= 11 is 0. The fraction of sp³-hybridized carbons (Fsp3) is 0.0833. The molecule has 2 aromatic rings. The van der Waals surface area contributed by atoms with Crippen LogP contribution in [0.25, 0.3) is 0 Å². The van der Waals surface area contributed by atoms with E-state index in [0.717, 1.165) is 5.56 Å². The largest absolute Gasteiger partial charge is 0.326 e. The molecule has 0 aliphatic carbocycles. The average Bonchev–Trinajstić information content (AvgIpc) is 2.40. The third kappa shape index (κ3) is 2.85. The lowest BCUT2D eigenvalue weighted by Crippen LogP contribution is -2.13. The summed E-state index contributed by atoms with van der Waals surface area (Å²) in [5.74, 6) is 0.205. The Balaban J connectivity index is 2.14. The van der Waals surface area contributed by atoms with E-state index in [1.807, 2.05) is 6.07 Å². The minimum atomic E-state index is -0.221. The molecule has 0 unspecified atom stereocenters. The number of nitrogens with one attached hydrogen (secondary N) is 1. The molecule has 5 heteroatoms. The highest BCUT2D eigenvalue weighted by Crippen LogP contribution is 2.07. The van der Waals surface area contributed by atoms with Crippen LogP contribution < -0.4 is 11.1 Å². The molecule has 1 amide bonds. The number of benzene rings is 1. The van der Waals surface area contributed by atoms with Crippen LogP contribution in [-0.2, 0) is 6.54 Å². The second kappa shape index (κ2) is 5.18. The zero-order chi connectivity index (χ0) is 12.1. The Morgan fingerprint density at radius 2 is 2.24 bits per heavy atom. The summed E-state index contributed by atoms with van der Waals surface area (Å²) < 4.78 is 0. The van der Waals surface area contributed by atoms with Gasteiger partial charge in [0.05, 0.1) is 6.20 Å². The first-order valence-corrected chi connectivity index (χ1v) is 5.16. The van der Waals surface area contributed by atoms with Gasteiger partial charge in [0, 0.05) is 24.5 Å². The molecule has 2 rings (SSSR count). The lowest BCUT2D eigenvalue weighted by atomic mass is 10.1. The Morgan fingerprint density at radius 1 is 1.35 bits per heavy atom. The second-order valence-corrected chi connectivity index (χ2v) is 3.45. The van der Waals surface area contributed by atoms with Crippen LogP contribution in [0.15, 0.2) is 42.9 Å². The number of hydrogen-bond acceptors (Lipinski definition) is 4. The number of amides is 1. The van der Waals surface area contributed by atoms with E-state index in [1.165, 1.54) is 12.4 Å². The number of nitrogens with two attached hydrogens (primary N) is 1. The lowest BCUT2D eigenvalue weighted by Gasteiger charge is -2.04. The van der Waals surface area contributed by atoms with E-state index >= 15 is 0 Å². The standard InChI is InChI=1S/C12H12N4O/c13-7-9-2-1-3-10(6-9)12(17)16-11-8-14-4-5-15-11/h1-6,8H,7,13H2,(H,15,16,17). The summed E-state index contributed by atoms with van der Waals surface area (Å²) in [6.07, 6.45) is 4.56. The van der Waals surface area contributed by atoms with Gasteiger partial charge in [-0.1, -0.05) is 12.1 Å². The minimum absolute atomic E-state index is 0.221. The van der Waals surface area contributed by atoms with Crippen LogP contribution in [0.3, 0.4) is 0 Å². The van der Waals surface area contributed by atoms with Crippen molar-refractivity contribution in [3.05, 3.63) is 54.0 Å². The smallest absolute Gasteiger partial charge is 0.256 e. The molecule has 0 spiro atoms. The Labute approximate surface area is 98.7 Å². The van der Waals surface area contributed by atoms with E-state index in [1.54, 1.807) is 24.4 Å². The molecule has 0 bridgehead atoms. The molecule has 3 N–H and O–H groups in total. The summed E-state index contributed by atoms with van der Waals surface area (Å²) in [7, 11) is 0. The predicted molar refractivity (Wildman–Crippen MR) is 64.3 cm³/mol. The monoisotopic (exact) mass is 228 g/mol. The minimum Gasteiger partial charge on any atom is -0.326 e. The van der Waals surface area contributed by atoms with Crippen molar-refractivity contribution in [2.75, 3.05) is 5.32 Å². The topological polar surface area (TPSA) is 80.9 Å². The number of rotatable bonds is 3. The fourth-order valence-electron chi connectivity index (χ4n) is 1.39. The van der Waals surface area contributed by atoms with Gasteiger partial charge in [-0.3, -0.25) is 9.78 Å². The highest BCUT2D eigenvalue weighted by atomic mass is 16.1. The number of aromatic nitrogens is 2. The highest BCUT2D eigenvalue weighted by molar-refractivity contribution is 6.03. The van der Waals surface area contributed by atoms with Gasteiger partial charge in [-0.25, -0.2) is 4.98 Å². The predicted octanol–water partition coefficient (Wildman–Crippen LogP) is 1.19. The van der Waals surface area contributed by atoms with Crippen molar-refractivity contribution in [1.82, 2.24) is 9.97 Å². The molecule has 0 aliphatic rings. The van der Waals surface area contributed by atoms with Crippen molar-refractivity contribution in [3.8, 4) is 0 Å². The van der Waals surface area contributed by atoms with Gasteiger partial charge in [0.15, 0.2) is 5.82 Å². The van der Waals surface area contributed by atoms with Gasteiger partial charge in [0.25, 0.3) is 5.91 Å². The molecule has 0 saturated heterocycles. The van der Waals surface area contributed by atoms with Gasteiger partial charge in [0.1, 0.15) is 0 Å². The lowest BCUT2D eigenvalue weighted by molar-refractivity contribution is 0.102. The van der Waals surface area contributed by atoms with E-state index < -0.39 is 0 Å². The van der Waals surface area contributed by atoms with Crippen LogP contribution in [-0.4, -0.2) is 15.9 Å². The maximum absolute atomic E-state index is 11.9. The second-order valence-electron chi connectivity index (χ2n) is 3.45. The molecule has 1 aromatic carbocycles. The van der Waals surface area contributed by atoms with Gasteiger partial charge in [-0.05, 0) is 17.7 Å². The maximum Gasteiger partial charge on any atom is 0.256 e. The molecule has 0 aliphatic heterocycles. The quantitative estimate of drug-likeness (QED) is 0.826. The van der Waals surface area contributed by atoms with Gasteiger partial charge in [-0.2, -0.15) is 0 Å². The Bertz CT molecular complexity index is 513. The van der Waals surface area contributed by atoms with Crippen LogP contribution in [0.1, 0.15) is 15.9 Å².